The van der Waals surface area contributed by atoms with Gasteiger partial charge in [-0.2, -0.15) is 0 Å². The van der Waals surface area contributed by atoms with Crippen molar-refractivity contribution >= 4 is 28.6 Å². The number of amides is 3. The summed E-state index contributed by atoms with van der Waals surface area (Å²) >= 11 is 0. The van der Waals surface area contributed by atoms with Crippen LogP contribution in [0.1, 0.15) is 33.6 Å². The Kier molecular flexibility index (Phi) is 6.23. The number of carbonyl (C=O) groups excluding carboxylic acids is 3. The van der Waals surface area contributed by atoms with E-state index in [2.05, 4.69) is 16.2 Å². The van der Waals surface area contributed by atoms with Crippen LogP contribution >= 0.6 is 0 Å². The summed E-state index contributed by atoms with van der Waals surface area (Å²) in [5, 5.41) is 3.45. The number of aryl methyl sites for hydroxylation is 1. The lowest BCUT2D eigenvalue weighted by molar-refractivity contribution is -0.121. The molecule has 3 amide bonds. The molecule has 2 aromatic carbocycles. The lowest BCUT2D eigenvalue weighted by Crippen LogP contribution is -2.41. The Morgan fingerprint density at radius 1 is 0.966 bits per heavy atom. The first-order valence-electron chi connectivity index (χ1n) is 9.12. The summed E-state index contributed by atoms with van der Waals surface area (Å²) in [7, 11) is 1.85. The van der Waals surface area contributed by atoms with Crippen molar-refractivity contribution < 1.29 is 18.8 Å². The van der Waals surface area contributed by atoms with E-state index >= 15 is 0 Å². The van der Waals surface area contributed by atoms with Gasteiger partial charge >= 0.3 is 0 Å². The number of carbonyl (C=O) groups is 3. The number of nitrogens with zero attached hydrogens (tertiary/aromatic N) is 1. The first-order valence-corrected chi connectivity index (χ1v) is 9.12. The Balaban J connectivity index is 1.41. The fourth-order valence-electron chi connectivity index (χ4n) is 2.93. The summed E-state index contributed by atoms with van der Waals surface area (Å²) in [5.74, 6) is -1.52. The molecular formula is C21H21FN4O3. The summed E-state index contributed by atoms with van der Waals surface area (Å²) in [6.45, 7) is 0.279. The minimum absolute atomic E-state index is 0.125. The van der Waals surface area contributed by atoms with Crippen molar-refractivity contribution in [3.63, 3.8) is 0 Å². The van der Waals surface area contributed by atoms with E-state index < -0.39 is 11.7 Å². The highest BCUT2D eigenvalue weighted by Crippen LogP contribution is 2.19. The number of hydrazine groups is 1. The van der Waals surface area contributed by atoms with Gasteiger partial charge in [0.2, 0.25) is 5.91 Å². The van der Waals surface area contributed by atoms with E-state index in [9.17, 15) is 18.8 Å². The highest BCUT2D eigenvalue weighted by Gasteiger charge is 2.14. The SMILES string of the molecule is Cn1cc(C(=O)NNC(=O)CCCNC(=O)c2ccc(F)cc2)c2ccccc21. The van der Waals surface area contributed by atoms with Crippen LogP contribution in [0.4, 0.5) is 4.39 Å². The zero-order valence-electron chi connectivity index (χ0n) is 15.9. The molecule has 0 bridgehead atoms. The molecule has 0 fully saturated rings. The quantitative estimate of drug-likeness (QED) is 0.441. The van der Waals surface area contributed by atoms with Gasteiger partial charge in [0.1, 0.15) is 5.82 Å². The van der Waals surface area contributed by atoms with Crippen LogP contribution in [0, 0.1) is 5.82 Å². The van der Waals surface area contributed by atoms with Crippen LogP contribution in [-0.4, -0.2) is 28.8 Å². The number of fused-ring (bicyclic) bond motifs is 1. The molecule has 8 heteroatoms. The standard InChI is InChI=1S/C21H21FN4O3/c1-26-13-17(16-5-2-3-6-18(16)26)21(29)25-24-19(27)7-4-12-23-20(28)14-8-10-15(22)11-9-14/h2-3,5-6,8-11,13H,4,7,12H2,1H3,(H,23,28)(H,24,27)(H,25,29). The van der Waals surface area contributed by atoms with Crippen LogP contribution < -0.4 is 16.2 Å². The van der Waals surface area contributed by atoms with E-state index in [1.807, 2.05) is 35.9 Å². The smallest absolute Gasteiger partial charge is 0.271 e. The third-order valence-corrected chi connectivity index (χ3v) is 4.43. The van der Waals surface area contributed by atoms with Crippen molar-refractivity contribution in [1.82, 2.24) is 20.7 Å². The first-order chi connectivity index (χ1) is 14.0. The summed E-state index contributed by atoms with van der Waals surface area (Å²) in [4.78, 5) is 36.2. The summed E-state index contributed by atoms with van der Waals surface area (Å²) in [6, 6.07) is 12.7. The number of hydrogen-bond donors (Lipinski definition) is 3. The van der Waals surface area contributed by atoms with Crippen molar-refractivity contribution in [2.75, 3.05) is 6.54 Å². The van der Waals surface area contributed by atoms with Crippen molar-refractivity contribution in [2.45, 2.75) is 12.8 Å². The second-order valence-electron chi connectivity index (χ2n) is 6.54. The molecular weight excluding hydrogens is 375 g/mol. The third-order valence-electron chi connectivity index (χ3n) is 4.43. The molecule has 0 aliphatic heterocycles. The molecule has 0 aliphatic rings. The lowest BCUT2D eigenvalue weighted by atomic mass is 10.2. The largest absolute Gasteiger partial charge is 0.352 e. The van der Waals surface area contributed by atoms with Crippen LogP contribution in [0.5, 0.6) is 0 Å². The number of halogens is 1. The highest BCUT2D eigenvalue weighted by atomic mass is 19.1. The lowest BCUT2D eigenvalue weighted by Gasteiger charge is -2.08. The number of rotatable bonds is 6. The van der Waals surface area contributed by atoms with Crippen LogP contribution in [0.15, 0.2) is 54.7 Å². The number of hydrogen-bond acceptors (Lipinski definition) is 3. The maximum Gasteiger partial charge on any atom is 0.271 e. The normalized spacial score (nSPS) is 10.6. The Morgan fingerprint density at radius 2 is 1.69 bits per heavy atom. The maximum absolute atomic E-state index is 12.9. The molecule has 3 N–H and O–H groups in total. The van der Waals surface area contributed by atoms with Gasteiger partial charge in [0.05, 0.1) is 5.56 Å². The Morgan fingerprint density at radius 3 is 2.45 bits per heavy atom. The van der Waals surface area contributed by atoms with Gasteiger partial charge in [0, 0.05) is 42.7 Å². The highest BCUT2D eigenvalue weighted by molar-refractivity contribution is 6.07. The van der Waals surface area contributed by atoms with Gasteiger partial charge in [-0.15, -0.1) is 0 Å². The van der Waals surface area contributed by atoms with E-state index in [-0.39, 0.29) is 24.8 Å². The van der Waals surface area contributed by atoms with Gasteiger partial charge in [-0.05, 0) is 36.8 Å². The molecule has 1 aromatic heterocycles. The van der Waals surface area contributed by atoms with Gasteiger partial charge in [-0.3, -0.25) is 25.2 Å². The average Bonchev–Trinajstić information content (AvgIpc) is 3.07. The Hall–Kier alpha value is -3.68. The fraction of sp³-hybridized carbons (Fsp3) is 0.190. The molecule has 1 heterocycles. The van der Waals surface area contributed by atoms with E-state index in [1.54, 1.807) is 6.20 Å². The van der Waals surface area contributed by atoms with Crippen molar-refractivity contribution in [3.05, 3.63) is 71.7 Å². The van der Waals surface area contributed by atoms with E-state index in [0.29, 0.717) is 17.5 Å². The maximum atomic E-state index is 12.9. The van der Waals surface area contributed by atoms with Crippen molar-refractivity contribution in [3.8, 4) is 0 Å². The average molecular weight is 396 g/mol. The van der Waals surface area contributed by atoms with E-state index in [0.717, 1.165) is 10.9 Å². The molecule has 0 radical (unpaired) electrons. The number of nitrogens with one attached hydrogen (secondary N) is 3. The predicted octanol–water partition coefficient (Wildman–Crippen LogP) is 2.29. The summed E-state index contributed by atoms with van der Waals surface area (Å²) in [6.07, 6.45) is 2.22. The zero-order valence-corrected chi connectivity index (χ0v) is 15.9. The molecule has 3 rings (SSSR count). The van der Waals surface area contributed by atoms with Crippen LogP contribution in [0.2, 0.25) is 0 Å². The van der Waals surface area contributed by atoms with E-state index in [4.69, 9.17) is 0 Å². The van der Waals surface area contributed by atoms with Crippen molar-refractivity contribution in [2.24, 2.45) is 7.05 Å². The fourth-order valence-corrected chi connectivity index (χ4v) is 2.93. The second-order valence-corrected chi connectivity index (χ2v) is 6.54. The first kappa shape index (κ1) is 20.1. The van der Waals surface area contributed by atoms with Crippen LogP contribution in [0.3, 0.4) is 0 Å². The Bertz CT molecular complexity index is 1040. The molecule has 0 saturated heterocycles. The topological polar surface area (TPSA) is 92.2 Å². The minimum atomic E-state index is -0.413. The summed E-state index contributed by atoms with van der Waals surface area (Å²) in [5.41, 5.74) is 6.52. The molecule has 0 aliphatic carbocycles. The number of benzene rings is 2. The molecule has 7 nitrogen and oxygen atoms in total. The minimum Gasteiger partial charge on any atom is -0.352 e. The second kappa shape index (κ2) is 9.01. The number of para-hydroxylation sites is 1. The molecule has 0 atom stereocenters. The number of aromatic nitrogens is 1. The summed E-state index contributed by atoms with van der Waals surface area (Å²) < 4.78 is 14.7. The zero-order chi connectivity index (χ0) is 20.8. The molecule has 0 unspecified atom stereocenters. The van der Waals surface area contributed by atoms with E-state index in [1.165, 1.54) is 24.3 Å². The monoisotopic (exact) mass is 396 g/mol. The van der Waals surface area contributed by atoms with Crippen LogP contribution in [0.25, 0.3) is 10.9 Å². The molecule has 3 aromatic rings. The van der Waals surface area contributed by atoms with Crippen LogP contribution in [-0.2, 0) is 11.8 Å². The van der Waals surface area contributed by atoms with Gasteiger partial charge < -0.3 is 9.88 Å². The van der Waals surface area contributed by atoms with Gasteiger partial charge in [0.25, 0.3) is 11.8 Å². The molecule has 0 saturated carbocycles. The molecule has 29 heavy (non-hydrogen) atoms. The molecule has 150 valence electrons. The van der Waals surface area contributed by atoms with Gasteiger partial charge in [-0.1, -0.05) is 18.2 Å². The predicted molar refractivity (Wildman–Crippen MR) is 106 cm³/mol. The third kappa shape index (κ3) is 4.98. The molecule has 0 spiro atoms. The Labute approximate surface area is 166 Å². The van der Waals surface area contributed by atoms with Crippen molar-refractivity contribution in [1.29, 1.82) is 0 Å². The van der Waals surface area contributed by atoms with Gasteiger partial charge in [0.15, 0.2) is 0 Å². The van der Waals surface area contributed by atoms with Gasteiger partial charge in [-0.25, -0.2) is 4.39 Å².